The Hall–Kier alpha value is -1.32. The largest absolute Gasteiger partial charge is 0.439 e. The van der Waals surface area contributed by atoms with E-state index in [-0.39, 0.29) is 12.5 Å². The van der Waals surface area contributed by atoms with Crippen LogP contribution in [-0.4, -0.2) is 30.1 Å². The number of cyclic esters (lactones) is 1. The molecule has 0 aromatic rings. The Kier molecular flexibility index (Phi) is 9.58. The first kappa shape index (κ1) is 17.7. The molecule has 1 rings (SSSR count). The predicted octanol–water partition coefficient (Wildman–Crippen LogP) is 4.44. The molecule has 0 aliphatic carbocycles. The second-order valence-corrected chi connectivity index (χ2v) is 5.60. The number of hydrogen-bond donors (Lipinski definition) is 0. The molecule has 2 amide bonds. The van der Waals surface area contributed by atoms with Crippen LogP contribution in [0.4, 0.5) is 4.79 Å². The van der Waals surface area contributed by atoms with Crippen molar-refractivity contribution in [3.05, 3.63) is 12.2 Å². The predicted molar refractivity (Wildman–Crippen MR) is 84.0 cm³/mol. The Labute approximate surface area is 128 Å². The fraction of sp³-hybridized carbons (Fsp3) is 0.765. The number of hydrogen-bond acceptors (Lipinski definition) is 3. The zero-order valence-electron chi connectivity index (χ0n) is 13.3. The summed E-state index contributed by atoms with van der Waals surface area (Å²) in [6.07, 6.45) is 16.0. The summed E-state index contributed by atoms with van der Waals surface area (Å²) >= 11 is 0. The van der Waals surface area contributed by atoms with Gasteiger partial charge in [0.05, 0.1) is 0 Å². The number of allylic oxidation sites excluding steroid dienone is 2. The first-order chi connectivity index (χ1) is 10.3. The highest BCUT2D eigenvalue weighted by Gasteiger charge is 2.29. The van der Waals surface area contributed by atoms with Gasteiger partial charge in [0.25, 0.3) is 5.91 Å². The van der Waals surface area contributed by atoms with E-state index in [0.29, 0.717) is 6.54 Å². The van der Waals surface area contributed by atoms with Gasteiger partial charge in [0, 0.05) is 6.54 Å². The van der Waals surface area contributed by atoms with Crippen LogP contribution in [0.15, 0.2) is 12.2 Å². The molecule has 0 bridgehead atoms. The number of ether oxygens (including phenoxy) is 1. The van der Waals surface area contributed by atoms with E-state index in [1.165, 1.54) is 49.8 Å². The van der Waals surface area contributed by atoms with Crippen molar-refractivity contribution < 1.29 is 14.3 Å². The van der Waals surface area contributed by atoms with Gasteiger partial charge in [0.15, 0.2) is 6.61 Å². The highest BCUT2D eigenvalue weighted by molar-refractivity contribution is 5.97. The number of imide groups is 1. The second-order valence-electron chi connectivity index (χ2n) is 5.60. The summed E-state index contributed by atoms with van der Waals surface area (Å²) < 4.78 is 4.67. The maximum atomic E-state index is 11.3. The lowest BCUT2D eigenvalue weighted by molar-refractivity contribution is -0.125. The molecule has 4 nitrogen and oxygen atoms in total. The van der Waals surface area contributed by atoms with E-state index < -0.39 is 6.09 Å². The van der Waals surface area contributed by atoms with Crippen molar-refractivity contribution in [3.8, 4) is 0 Å². The summed E-state index contributed by atoms with van der Waals surface area (Å²) in [7, 11) is 0. The molecule has 1 fully saturated rings. The van der Waals surface area contributed by atoms with Crippen LogP contribution < -0.4 is 0 Å². The molecule has 1 aliphatic rings. The fourth-order valence-electron chi connectivity index (χ4n) is 2.47. The van der Waals surface area contributed by atoms with E-state index in [0.717, 1.165) is 19.3 Å². The van der Waals surface area contributed by atoms with Crippen LogP contribution >= 0.6 is 0 Å². The molecule has 0 saturated carbocycles. The molecule has 0 unspecified atom stereocenters. The van der Waals surface area contributed by atoms with E-state index >= 15 is 0 Å². The summed E-state index contributed by atoms with van der Waals surface area (Å²) in [5.74, 6) is -0.197. The zero-order chi connectivity index (χ0) is 15.3. The van der Waals surface area contributed by atoms with Gasteiger partial charge in [-0.2, -0.15) is 0 Å². The third kappa shape index (κ3) is 7.88. The van der Waals surface area contributed by atoms with E-state index in [2.05, 4.69) is 23.8 Å². The van der Waals surface area contributed by atoms with Gasteiger partial charge >= 0.3 is 6.09 Å². The summed E-state index contributed by atoms with van der Waals surface area (Å²) in [6.45, 7) is 2.60. The van der Waals surface area contributed by atoms with E-state index in [1.54, 1.807) is 0 Å². The number of carbonyl (C=O) groups excluding carboxylic acids is 2. The molecular formula is C17H29NO3. The molecule has 1 aliphatic heterocycles. The van der Waals surface area contributed by atoms with Gasteiger partial charge in [-0.25, -0.2) is 9.69 Å². The van der Waals surface area contributed by atoms with Crippen molar-refractivity contribution >= 4 is 12.0 Å². The summed E-state index contributed by atoms with van der Waals surface area (Å²) in [5.41, 5.74) is 0. The first-order valence-corrected chi connectivity index (χ1v) is 8.37. The average molecular weight is 295 g/mol. The third-order valence-corrected chi connectivity index (χ3v) is 3.75. The lowest BCUT2D eigenvalue weighted by atomic mass is 10.1. The normalized spacial score (nSPS) is 15.2. The van der Waals surface area contributed by atoms with Crippen molar-refractivity contribution in [3.63, 3.8) is 0 Å². The van der Waals surface area contributed by atoms with Crippen molar-refractivity contribution in [1.82, 2.24) is 4.90 Å². The molecule has 1 heterocycles. The summed E-state index contributed by atoms with van der Waals surface area (Å²) in [4.78, 5) is 23.7. The van der Waals surface area contributed by atoms with Crippen LogP contribution in [0, 0.1) is 0 Å². The van der Waals surface area contributed by atoms with Gasteiger partial charge in [-0.1, -0.05) is 57.6 Å². The molecule has 120 valence electrons. The monoisotopic (exact) mass is 295 g/mol. The molecule has 0 aromatic carbocycles. The van der Waals surface area contributed by atoms with Crippen molar-refractivity contribution in [1.29, 1.82) is 0 Å². The first-order valence-electron chi connectivity index (χ1n) is 8.37. The maximum absolute atomic E-state index is 11.3. The Bertz CT molecular complexity index is 323. The molecule has 0 spiro atoms. The molecule has 1 saturated heterocycles. The summed E-state index contributed by atoms with van der Waals surface area (Å²) in [5, 5.41) is 0. The van der Waals surface area contributed by atoms with Crippen molar-refractivity contribution in [2.24, 2.45) is 0 Å². The lowest BCUT2D eigenvalue weighted by Crippen LogP contribution is -2.29. The molecule has 0 radical (unpaired) electrons. The van der Waals surface area contributed by atoms with Crippen LogP contribution in [0.1, 0.15) is 71.1 Å². The zero-order valence-corrected chi connectivity index (χ0v) is 13.3. The lowest BCUT2D eigenvalue weighted by Gasteiger charge is -2.09. The number of nitrogens with zero attached hydrogens (tertiary/aromatic N) is 1. The number of rotatable bonds is 12. The molecule has 4 heteroatoms. The van der Waals surface area contributed by atoms with Gasteiger partial charge < -0.3 is 4.74 Å². The molecule has 0 N–H and O–H groups in total. The quantitative estimate of drug-likeness (QED) is 0.395. The van der Waals surface area contributed by atoms with Gasteiger partial charge in [-0.15, -0.1) is 0 Å². The second kappa shape index (κ2) is 11.4. The van der Waals surface area contributed by atoms with E-state index in [4.69, 9.17) is 0 Å². The molecule has 21 heavy (non-hydrogen) atoms. The third-order valence-electron chi connectivity index (χ3n) is 3.75. The van der Waals surface area contributed by atoms with Crippen molar-refractivity contribution in [2.45, 2.75) is 71.1 Å². The van der Waals surface area contributed by atoms with Crippen LogP contribution in [0.25, 0.3) is 0 Å². The van der Waals surface area contributed by atoms with Crippen LogP contribution in [0.5, 0.6) is 0 Å². The van der Waals surface area contributed by atoms with Gasteiger partial charge in [0.2, 0.25) is 0 Å². The standard InChI is InChI=1S/C17H29NO3/c1-2-3-4-5-6-7-8-9-10-11-12-13-14-18-16(19)15-21-17(18)20/h3-4H,2,5-15H2,1H3/b4-3-. The number of carbonyl (C=O) groups is 2. The Morgan fingerprint density at radius 1 is 0.952 bits per heavy atom. The fourth-order valence-corrected chi connectivity index (χ4v) is 2.47. The average Bonchev–Trinajstić information content (AvgIpc) is 2.80. The van der Waals surface area contributed by atoms with Gasteiger partial charge in [0.1, 0.15) is 0 Å². The van der Waals surface area contributed by atoms with E-state index in [1.807, 2.05) is 0 Å². The highest BCUT2D eigenvalue weighted by Crippen LogP contribution is 2.12. The van der Waals surface area contributed by atoms with Crippen LogP contribution in [0.2, 0.25) is 0 Å². The number of unbranched alkanes of at least 4 members (excludes halogenated alkanes) is 8. The molecule has 0 aromatic heterocycles. The highest BCUT2D eigenvalue weighted by atomic mass is 16.6. The van der Waals surface area contributed by atoms with Crippen LogP contribution in [0.3, 0.4) is 0 Å². The molecule has 0 atom stereocenters. The number of amides is 2. The Balaban J connectivity index is 1.83. The van der Waals surface area contributed by atoms with E-state index in [9.17, 15) is 9.59 Å². The Morgan fingerprint density at radius 2 is 1.57 bits per heavy atom. The van der Waals surface area contributed by atoms with Crippen LogP contribution in [-0.2, 0) is 9.53 Å². The van der Waals surface area contributed by atoms with Gasteiger partial charge in [-0.05, 0) is 25.7 Å². The SMILES string of the molecule is CC/C=C\CCCCCCCCCCN1C(=O)COC1=O. The molecular weight excluding hydrogens is 266 g/mol. The van der Waals surface area contributed by atoms with Crippen molar-refractivity contribution in [2.75, 3.05) is 13.2 Å². The minimum atomic E-state index is -0.475. The Morgan fingerprint density at radius 3 is 2.14 bits per heavy atom. The minimum Gasteiger partial charge on any atom is -0.439 e. The maximum Gasteiger partial charge on any atom is 0.417 e. The summed E-state index contributed by atoms with van der Waals surface area (Å²) in [6, 6.07) is 0. The topological polar surface area (TPSA) is 46.6 Å². The van der Waals surface area contributed by atoms with Gasteiger partial charge in [-0.3, -0.25) is 4.79 Å². The smallest absolute Gasteiger partial charge is 0.417 e. The minimum absolute atomic E-state index is 0.0771.